The molecule has 0 unspecified atom stereocenters. The van der Waals surface area contributed by atoms with Gasteiger partial charge in [-0.25, -0.2) is 0 Å². The van der Waals surface area contributed by atoms with E-state index in [4.69, 9.17) is 9.47 Å². The molecule has 2 amide bonds. The summed E-state index contributed by atoms with van der Waals surface area (Å²) in [4.78, 5) is 26.7. The number of rotatable bonds is 7. The highest BCUT2D eigenvalue weighted by Crippen LogP contribution is 2.27. The van der Waals surface area contributed by atoms with E-state index in [1.165, 1.54) is 6.42 Å². The molecular formula is C23H28N2O4. The standard InChI is InChI=1S/C23H28N2O4/c1-28-20-11-8-18(14-21(20)29-2)15-22(26)24-16-17-6-9-19(10-7-17)23(27)25-12-4-3-5-13-25/h6-11,14H,3-5,12-13,15-16H2,1-2H3,(H,24,26). The summed E-state index contributed by atoms with van der Waals surface area (Å²) in [6.45, 7) is 2.10. The lowest BCUT2D eigenvalue weighted by Crippen LogP contribution is -2.35. The maximum Gasteiger partial charge on any atom is 0.253 e. The highest BCUT2D eigenvalue weighted by atomic mass is 16.5. The summed E-state index contributed by atoms with van der Waals surface area (Å²) in [5.41, 5.74) is 2.51. The molecule has 2 aromatic carbocycles. The second-order valence-electron chi connectivity index (χ2n) is 7.19. The van der Waals surface area contributed by atoms with Gasteiger partial charge in [0.2, 0.25) is 5.91 Å². The molecule has 1 N–H and O–H groups in total. The van der Waals surface area contributed by atoms with Gasteiger partial charge in [-0.3, -0.25) is 9.59 Å². The lowest BCUT2D eigenvalue weighted by molar-refractivity contribution is -0.120. The van der Waals surface area contributed by atoms with Crippen LogP contribution in [0.15, 0.2) is 42.5 Å². The summed E-state index contributed by atoms with van der Waals surface area (Å²) in [6.07, 6.45) is 3.61. The Morgan fingerprint density at radius 1 is 0.897 bits per heavy atom. The lowest BCUT2D eigenvalue weighted by atomic mass is 10.1. The van der Waals surface area contributed by atoms with Crippen molar-refractivity contribution < 1.29 is 19.1 Å². The van der Waals surface area contributed by atoms with Crippen LogP contribution in [-0.2, 0) is 17.8 Å². The Morgan fingerprint density at radius 2 is 1.55 bits per heavy atom. The molecule has 1 aliphatic rings. The first-order valence-electron chi connectivity index (χ1n) is 9.96. The molecule has 0 atom stereocenters. The molecule has 1 fully saturated rings. The largest absolute Gasteiger partial charge is 0.493 e. The third kappa shape index (κ3) is 5.50. The molecule has 0 spiro atoms. The van der Waals surface area contributed by atoms with E-state index in [0.717, 1.165) is 37.1 Å². The quantitative estimate of drug-likeness (QED) is 0.781. The molecule has 154 valence electrons. The zero-order valence-corrected chi connectivity index (χ0v) is 17.1. The number of nitrogens with one attached hydrogen (secondary N) is 1. The molecule has 0 aromatic heterocycles. The molecule has 0 aliphatic carbocycles. The number of methoxy groups -OCH3 is 2. The van der Waals surface area contributed by atoms with E-state index in [9.17, 15) is 9.59 Å². The highest BCUT2D eigenvalue weighted by Gasteiger charge is 2.17. The number of benzene rings is 2. The summed E-state index contributed by atoms with van der Waals surface area (Å²) >= 11 is 0. The summed E-state index contributed by atoms with van der Waals surface area (Å²) in [5.74, 6) is 1.25. The van der Waals surface area contributed by atoms with Crippen molar-refractivity contribution >= 4 is 11.8 Å². The van der Waals surface area contributed by atoms with E-state index < -0.39 is 0 Å². The minimum Gasteiger partial charge on any atom is -0.493 e. The van der Waals surface area contributed by atoms with Crippen molar-refractivity contribution in [2.75, 3.05) is 27.3 Å². The van der Waals surface area contributed by atoms with Crippen LogP contribution >= 0.6 is 0 Å². The van der Waals surface area contributed by atoms with Crippen LogP contribution in [0.5, 0.6) is 11.5 Å². The molecule has 29 heavy (non-hydrogen) atoms. The van der Waals surface area contributed by atoms with Gasteiger partial charge in [0.1, 0.15) is 0 Å². The number of likely N-dealkylation sites (tertiary alicyclic amines) is 1. The Hall–Kier alpha value is -3.02. The van der Waals surface area contributed by atoms with Gasteiger partial charge in [-0.15, -0.1) is 0 Å². The minimum absolute atomic E-state index is 0.0781. The van der Waals surface area contributed by atoms with E-state index in [-0.39, 0.29) is 18.2 Å². The van der Waals surface area contributed by atoms with E-state index in [2.05, 4.69) is 5.32 Å². The molecule has 0 bridgehead atoms. The van der Waals surface area contributed by atoms with Gasteiger partial charge in [-0.1, -0.05) is 18.2 Å². The van der Waals surface area contributed by atoms with Gasteiger partial charge in [-0.2, -0.15) is 0 Å². The number of carbonyl (C=O) groups is 2. The van der Waals surface area contributed by atoms with Crippen LogP contribution in [0.25, 0.3) is 0 Å². The van der Waals surface area contributed by atoms with Crippen LogP contribution in [0.1, 0.15) is 40.7 Å². The number of ether oxygens (including phenoxy) is 2. The van der Waals surface area contributed by atoms with Crippen LogP contribution in [0.3, 0.4) is 0 Å². The topological polar surface area (TPSA) is 67.9 Å². The maximum atomic E-state index is 12.5. The molecule has 6 nitrogen and oxygen atoms in total. The number of nitrogens with zero attached hydrogens (tertiary/aromatic N) is 1. The predicted molar refractivity (Wildman–Crippen MR) is 111 cm³/mol. The van der Waals surface area contributed by atoms with E-state index in [1.807, 2.05) is 35.2 Å². The average molecular weight is 396 g/mol. The minimum atomic E-state index is -0.0781. The number of piperidine rings is 1. The summed E-state index contributed by atoms with van der Waals surface area (Å²) in [7, 11) is 3.15. The molecule has 1 aliphatic heterocycles. The monoisotopic (exact) mass is 396 g/mol. The van der Waals surface area contributed by atoms with E-state index in [1.54, 1.807) is 26.4 Å². The Morgan fingerprint density at radius 3 is 2.21 bits per heavy atom. The Balaban J connectivity index is 1.52. The van der Waals surface area contributed by atoms with Crippen molar-refractivity contribution in [3.05, 3.63) is 59.2 Å². The zero-order valence-electron chi connectivity index (χ0n) is 17.1. The smallest absolute Gasteiger partial charge is 0.253 e. The molecule has 0 radical (unpaired) electrons. The highest BCUT2D eigenvalue weighted by molar-refractivity contribution is 5.94. The van der Waals surface area contributed by atoms with E-state index in [0.29, 0.717) is 23.6 Å². The molecule has 2 aromatic rings. The van der Waals surface area contributed by atoms with Crippen LogP contribution in [0.2, 0.25) is 0 Å². The second-order valence-corrected chi connectivity index (χ2v) is 7.19. The summed E-state index contributed by atoms with van der Waals surface area (Å²) in [6, 6.07) is 12.9. The maximum absolute atomic E-state index is 12.5. The SMILES string of the molecule is COc1ccc(CC(=O)NCc2ccc(C(=O)N3CCCCC3)cc2)cc1OC. The first kappa shape index (κ1) is 20.7. The summed E-state index contributed by atoms with van der Waals surface area (Å²) in [5, 5.41) is 2.92. The molecule has 3 rings (SSSR count). The molecule has 1 saturated heterocycles. The Labute approximate surface area is 171 Å². The fraction of sp³-hybridized carbons (Fsp3) is 0.391. The van der Waals surface area contributed by atoms with Gasteiger partial charge in [0.25, 0.3) is 5.91 Å². The molecule has 6 heteroatoms. The van der Waals surface area contributed by atoms with Crippen molar-refractivity contribution in [3.63, 3.8) is 0 Å². The van der Waals surface area contributed by atoms with Crippen molar-refractivity contribution in [2.24, 2.45) is 0 Å². The van der Waals surface area contributed by atoms with Gasteiger partial charge in [-0.05, 0) is 54.7 Å². The number of hydrogen-bond donors (Lipinski definition) is 1. The lowest BCUT2D eigenvalue weighted by Gasteiger charge is -2.26. The molecular weight excluding hydrogens is 368 g/mol. The Bertz CT molecular complexity index is 842. The van der Waals surface area contributed by atoms with Crippen molar-refractivity contribution in [2.45, 2.75) is 32.2 Å². The normalized spacial score (nSPS) is 13.7. The van der Waals surface area contributed by atoms with Crippen molar-refractivity contribution in [3.8, 4) is 11.5 Å². The van der Waals surface area contributed by atoms with Crippen LogP contribution in [0.4, 0.5) is 0 Å². The fourth-order valence-electron chi connectivity index (χ4n) is 3.48. The van der Waals surface area contributed by atoms with Gasteiger partial charge >= 0.3 is 0 Å². The average Bonchev–Trinajstić information content (AvgIpc) is 2.78. The van der Waals surface area contributed by atoms with Gasteiger partial charge in [0.15, 0.2) is 11.5 Å². The number of amides is 2. The zero-order chi connectivity index (χ0) is 20.6. The van der Waals surface area contributed by atoms with Crippen molar-refractivity contribution in [1.29, 1.82) is 0 Å². The van der Waals surface area contributed by atoms with Crippen molar-refractivity contribution in [1.82, 2.24) is 10.2 Å². The fourth-order valence-corrected chi connectivity index (χ4v) is 3.48. The second kappa shape index (κ2) is 9.96. The first-order chi connectivity index (χ1) is 14.1. The molecule has 0 saturated carbocycles. The third-order valence-electron chi connectivity index (χ3n) is 5.15. The van der Waals surface area contributed by atoms with Gasteiger partial charge < -0.3 is 19.7 Å². The molecule has 1 heterocycles. The van der Waals surface area contributed by atoms with E-state index >= 15 is 0 Å². The Kier molecular flexibility index (Phi) is 7.11. The number of carbonyl (C=O) groups excluding carboxylic acids is 2. The predicted octanol–water partition coefficient (Wildman–Crippen LogP) is 3.19. The summed E-state index contributed by atoms with van der Waals surface area (Å²) < 4.78 is 10.5. The van der Waals surface area contributed by atoms with Crippen LogP contribution < -0.4 is 14.8 Å². The van der Waals surface area contributed by atoms with Crippen LogP contribution in [-0.4, -0.2) is 44.0 Å². The number of hydrogen-bond acceptors (Lipinski definition) is 4. The van der Waals surface area contributed by atoms with Gasteiger partial charge in [0.05, 0.1) is 20.6 Å². The third-order valence-corrected chi connectivity index (χ3v) is 5.15. The van der Waals surface area contributed by atoms with Gasteiger partial charge in [0, 0.05) is 25.2 Å². The first-order valence-corrected chi connectivity index (χ1v) is 9.96. The van der Waals surface area contributed by atoms with Crippen LogP contribution in [0, 0.1) is 0 Å².